The van der Waals surface area contributed by atoms with Crippen molar-refractivity contribution in [3.05, 3.63) is 18.0 Å². The molecule has 2 atom stereocenters. The number of nitrogens with one attached hydrogen (secondary N) is 2. The van der Waals surface area contributed by atoms with Gasteiger partial charge in [-0.25, -0.2) is 4.79 Å². The van der Waals surface area contributed by atoms with Gasteiger partial charge in [0, 0.05) is 37.1 Å². The van der Waals surface area contributed by atoms with Crippen molar-refractivity contribution in [2.45, 2.75) is 77.6 Å². The molecule has 0 spiro atoms. The van der Waals surface area contributed by atoms with Crippen LogP contribution in [0, 0.1) is 0 Å². The lowest BCUT2D eigenvalue weighted by Gasteiger charge is -2.38. The molecule has 0 saturated carbocycles. The van der Waals surface area contributed by atoms with Crippen LogP contribution in [0.3, 0.4) is 0 Å². The normalized spacial score (nSPS) is 20.3. The van der Waals surface area contributed by atoms with Crippen molar-refractivity contribution in [3.8, 4) is 0 Å². The summed E-state index contributed by atoms with van der Waals surface area (Å²) < 4.78 is 5.56. The number of ether oxygens (including phenoxy) is 1. The van der Waals surface area contributed by atoms with E-state index in [2.05, 4.69) is 22.4 Å². The van der Waals surface area contributed by atoms with Gasteiger partial charge in [0.25, 0.3) is 0 Å². The third-order valence-electron chi connectivity index (χ3n) is 4.08. The smallest absolute Gasteiger partial charge is 0.410 e. The minimum atomic E-state index is -0.441. The SMILES string of the molecule is CC(CC1CCCCN1C(=O)OC(C)(C)C)NCc1ccn[nH]1. The Morgan fingerprint density at radius 3 is 2.96 bits per heavy atom. The van der Waals surface area contributed by atoms with Gasteiger partial charge in [-0.05, 0) is 59.4 Å². The van der Waals surface area contributed by atoms with Gasteiger partial charge in [-0.15, -0.1) is 0 Å². The number of hydrogen-bond acceptors (Lipinski definition) is 4. The number of aromatic amines is 1. The Bertz CT molecular complexity index is 481. The zero-order valence-electron chi connectivity index (χ0n) is 14.8. The predicted octanol–water partition coefficient (Wildman–Crippen LogP) is 3.07. The van der Waals surface area contributed by atoms with Crippen molar-refractivity contribution >= 4 is 6.09 Å². The van der Waals surface area contributed by atoms with E-state index in [1.54, 1.807) is 6.20 Å². The monoisotopic (exact) mass is 322 g/mol. The first-order chi connectivity index (χ1) is 10.8. The molecule has 6 nitrogen and oxygen atoms in total. The van der Waals surface area contributed by atoms with Crippen LogP contribution in [0.2, 0.25) is 0 Å². The molecule has 1 amide bonds. The van der Waals surface area contributed by atoms with Crippen LogP contribution in [0.1, 0.15) is 59.1 Å². The fraction of sp³-hybridized carbons (Fsp3) is 0.765. The van der Waals surface area contributed by atoms with Crippen LogP contribution in [-0.2, 0) is 11.3 Å². The summed E-state index contributed by atoms with van der Waals surface area (Å²) in [5, 5.41) is 10.4. The summed E-state index contributed by atoms with van der Waals surface area (Å²) in [6.07, 6.45) is 5.81. The predicted molar refractivity (Wildman–Crippen MR) is 90.1 cm³/mol. The third kappa shape index (κ3) is 5.86. The second-order valence-electron chi connectivity index (χ2n) is 7.42. The molecule has 2 rings (SSSR count). The molecule has 1 fully saturated rings. The lowest BCUT2D eigenvalue weighted by molar-refractivity contribution is 0.00788. The van der Waals surface area contributed by atoms with Gasteiger partial charge in [0.1, 0.15) is 5.60 Å². The number of likely N-dealkylation sites (tertiary alicyclic amines) is 1. The zero-order chi connectivity index (χ0) is 16.9. The van der Waals surface area contributed by atoms with Crippen molar-refractivity contribution in [2.75, 3.05) is 6.54 Å². The first kappa shape index (κ1) is 17.8. The summed E-state index contributed by atoms with van der Waals surface area (Å²) in [5.41, 5.74) is 0.633. The molecular formula is C17H30N4O2. The molecule has 130 valence electrons. The third-order valence-corrected chi connectivity index (χ3v) is 4.08. The van der Waals surface area contributed by atoms with Crippen LogP contribution in [0.25, 0.3) is 0 Å². The first-order valence-electron chi connectivity index (χ1n) is 8.56. The van der Waals surface area contributed by atoms with E-state index in [1.807, 2.05) is 31.7 Å². The minimum Gasteiger partial charge on any atom is -0.444 e. The molecular weight excluding hydrogens is 292 g/mol. The fourth-order valence-electron chi connectivity index (χ4n) is 2.97. The Morgan fingerprint density at radius 2 is 2.30 bits per heavy atom. The lowest BCUT2D eigenvalue weighted by Crippen LogP contribution is -2.48. The number of piperidine rings is 1. The van der Waals surface area contributed by atoms with Gasteiger partial charge >= 0.3 is 6.09 Å². The average Bonchev–Trinajstić information content (AvgIpc) is 2.97. The van der Waals surface area contributed by atoms with E-state index in [0.29, 0.717) is 6.04 Å². The summed E-state index contributed by atoms with van der Waals surface area (Å²) in [6.45, 7) is 9.47. The molecule has 1 aliphatic rings. The second kappa shape index (κ2) is 7.81. The number of H-pyrrole nitrogens is 1. The maximum atomic E-state index is 12.4. The number of nitrogens with zero attached hydrogens (tertiary/aromatic N) is 2. The molecule has 1 saturated heterocycles. The van der Waals surface area contributed by atoms with Gasteiger partial charge in [-0.2, -0.15) is 5.10 Å². The van der Waals surface area contributed by atoms with Crippen molar-refractivity contribution in [1.29, 1.82) is 0 Å². The molecule has 6 heteroatoms. The summed E-state index contributed by atoms with van der Waals surface area (Å²) in [4.78, 5) is 14.3. The Hall–Kier alpha value is -1.56. The Labute approximate surface area is 139 Å². The van der Waals surface area contributed by atoms with Gasteiger partial charge < -0.3 is 15.0 Å². The number of amides is 1. The van der Waals surface area contributed by atoms with Crippen molar-refractivity contribution in [1.82, 2.24) is 20.4 Å². The fourth-order valence-corrected chi connectivity index (χ4v) is 2.97. The highest BCUT2D eigenvalue weighted by molar-refractivity contribution is 5.68. The largest absolute Gasteiger partial charge is 0.444 e. The molecule has 0 aromatic carbocycles. The van der Waals surface area contributed by atoms with Gasteiger partial charge in [-0.1, -0.05) is 0 Å². The molecule has 0 aliphatic carbocycles. The summed E-state index contributed by atoms with van der Waals surface area (Å²) in [5.74, 6) is 0. The van der Waals surface area contributed by atoms with Crippen LogP contribution in [0.4, 0.5) is 4.79 Å². The minimum absolute atomic E-state index is 0.178. The summed E-state index contributed by atoms with van der Waals surface area (Å²) in [7, 11) is 0. The van der Waals surface area contributed by atoms with E-state index in [4.69, 9.17) is 4.74 Å². The summed E-state index contributed by atoms with van der Waals surface area (Å²) >= 11 is 0. The van der Waals surface area contributed by atoms with Crippen molar-refractivity contribution in [3.63, 3.8) is 0 Å². The molecule has 0 bridgehead atoms. The number of carbonyl (C=O) groups is 1. The molecule has 2 unspecified atom stereocenters. The Kier molecular flexibility index (Phi) is 6.04. The van der Waals surface area contributed by atoms with Crippen LogP contribution in [0.15, 0.2) is 12.3 Å². The topological polar surface area (TPSA) is 70.2 Å². The van der Waals surface area contributed by atoms with Crippen LogP contribution in [-0.4, -0.2) is 45.4 Å². The molecule has 1 aliphatic heterocycles. The number of hydrogen-bond donors (Lipinski definition) is 2. The number of aromatic nitrogens is 2. The molecule has 1 aromatic rings. The van der Waals surface area contributed by atoms with Crippen LogP contribution >= 0.6 is 0 Å². The standard InChI is InChI=1S/C17H30N4O2/c1-13(18-12-14-8-9-19-20-14)11-15-7-5-6-10-21(15)16(22)23-17(2,3)4/h8-9,13,15,18H,5-7,10-12H2,1-4H3,(H,19,20). The highest BCUT2D eigenvalue weighted by Crippen LogP contribution is 2.23. The Morgan fingerprint density at radius 1 is 1.52 bits per heavy atom. The van der Waals surface area contributed by atoms with Gasteiger partial charge in [0.15, 0.2) is 0 Å². The van der Waals surface area contributed by atoms with E-state index >= 15 is 0 Å². The van der Waals surface area contributed by atoms with Crippen molar-refractivity contribution < 1.29 is 9.53 Å². The van der Waals surface area contributed by atoms with E-state index < -0.39 is 5.60 Å². The van der Waals surface area contributed by atoms with E-state index in [9.17, 15) is 4.79 Å². The van der Waals surface area contributed by atoms with E-state index in [1.165, 1.54) is 6.42 Å². The zero-order valence-corrected chi connectivity index (χ0v) is 14.8. The van der Waals surface area contributed by atoms with Gasteiger partial charge in [0.05, 0.1) is 0 Å². The molecule has 1 aromatic heterocycles. The molecule has 2 heterocycles. The number of carbonyl (C=O) groups excluding carboxylic acids is 1. The maximum Gasteiger partial charge on any atom is 0.410 e. The van der Waals surface area contributed by atoms with Gasteiger partial charge in [-0.3, -0.25) is 5.10 Å². The first-order valence-corrected chi connectivity index (χ1v) is 8.56. The maximum absolute atomic E-state index is 12.4. The average molecular weight is 322 g/mol. The van der Waals surface area contributed by atoms with E-state index in [0.717, 1.165) is 38.0 Å². The molecule has 23 heavy (non-hydrogen) atoms. The summed E-state index contributed by atoms with van der Waals surface area (Å²) in [6, 6.07) is 2.54. The lowest BCUT2D eigenvalue weighted by atomic mass is 9.96. The van der Waals surface area contributed by atoms with Gasteiger partial charge in [0.2, 0.25) is 0 Å². The number of rotatable bonds is 5. The van der Waals surface area contributed by atoms with Crippen molar-refractivity contribution in [2.24, 2.45) is 0 Å². The van der Waals surface area contributed by atoms with Crippen LogP contribution in [0.5, 0.6) is 0 Å². The van der Waals surface area contributed by atoms with E-state index in [-0.39, 0.29) is 12.1 Å². The highest BCUT2D eigenvalue weighted by Gasteiger charge is 2.31. The molecule has 2 N–H and O–H groups in total. The second-order valence-corrected chi connectivity index (χ2v) is 7.42. The quantitative estimate of drug-likeness (QED) is 0.874. The molecule has 0 radical (unpaired) electrons. The van der Waals surface area contributed by atoms with Crippen LogP contribution < -0.4 is 5.32 Å². The Balaban J connectivity index is 1.86. The highest BCUT2D eigenvalue weighted by atomic mass is 16.6.